The van der Waals surface area contributed by atoms with Crippen molar-refractivity contribution in [3.63, 3.8) is 0 Å². The van der Waals surface area contributed by atoms with Crippen LogP contribution in [0.2, 0.25) is 0 Å². The van der Waals surface area contributed by atoms with Crippen LogP contribution in [0, 0.1) is 5.41 Å². The van der Waals surface area contributed by atoms with Crippen LogP contribution in [0.1, 0.15) is 45.7 Å². The van der Waals surface area contributed by atoms with Gasteiger partial charge in [0.1, 0.15) is 0 Å². The third kappa shape index (κ3) is 3.60. The van der Waals surface area contributed by atoms with Crippen LogP contribution in [-0.2, 0) is 4.79 Å². The standard InChI is InChI=1S/C18H23NO/c1-13(19-17(20)12-18(2,3)4)15-11-7-9-14-8-5-6-10-16(14)15/h5-11,13H,12H2,1-4H3,(H,19,20). The Labute approximate surface area is 121 Å². The molecule has 1 N–H and O–H groups in total. The molecule has 2 aromatic rings. The second kappa shape index (κ2) is 5.66. The van der Waals surface area contributed by atoms with Crippen molar-refractivity contribution in [1.29, 1.82) is 0 Å². The number of amides is 1. The summed E-state index contributed by atoms with van der Waals surface area (Å²) in [5, 5.41) is 5.52. The minimum Gasteiger partial charge on any atom is -0.350 e. The van der Waals surface area contributed by atoms with Gasteiger partial charge in [0, 0.05) is 6.42 Å². The van der Waals surface area contributed by atoms with Gasteiger partial charge in [-0.1, -0.05) is 63.2 Å². The molecule has 0 radical (unpaired) electrons. The van der Waals surface area contributed by atoms with E-state index in [1.54, 1.807) is 0 Å². The molecule has 1 amide bonds. The molecule has 0 aliphatic rings. The summed E-state index contributed by atoms with van der Waals surface area (Å²) in [6.07, 6.45) is 0.544. The number of nitrogens with one attached hydrogen (secondary N) is 1. The Kier molecular flexibility index (Phi) is 4.12. The molecule has 2 aromatic carbocycles. The summed E-state index contributed by atoms with van der Waals surface area (Å²) in [4.78, 5) is 12.1. The summed E-state index contributed by atoms with van der Waals surface area (Å²) in [6, 6.07) is 14.5. The first-order valence-corrected chi connectivity index (χ1v) is 7.14. The second-order valence-electron chi connectivity index (χ2n) is 6.60. The van der Waals surface area contributed by atoms with E-state index in [9.17, 15) is 4.79 Å². The number of benzene rings is 2. The summed E-state index contributed by atoms with van der Waals surface area (Å²) in [7, 11) is 0. The van der Waals surface area contributed by atoms with E-state index in [2.05, 4.69) is 50.4 Å². The van der Waals surface area contributed by atoms with Gasteiger partial charge in [-0.05, 0) is 28.7 Å². The lowest BCUT2D eigenvalue weighted by atomic mass is 9.91. The van der Waals surface area contributed by atoms with Gasteiger partial charge in [-0.15, -0.1) is 0 Å². The Morgan fingerprint density at radius 1 is 1.10 bits per heavy atom. The van der Waals surface area contributed by atoms with E-state index in [0.717, 1.165) is 0 Å². The smallest absolute Gasteiger partial charge is 0.220 e. The molecule has 0 fully saturated rings. The fourth-order valence-corrected chi connectivity index (χ4v) is 2.48. The first-order chi connectivity index (χ1) is 9.37. The van der Waals surface area contributed by atoms with E-state index >= 15 is 0 Å². The number of carbonyl (C=O) groups excluding carboxylic acids is 1. The zero-order valence-corrected chi connectivity index (χ0v) is 12.7. The lowest BCUT2D eigenvalue weighted by molar-refractivity contribution is -0.123. The van der Waals surface area contributed by atoms with E-state index in [0.29, 0.717) is 6.42 Å². The van der Waals surface area contributed by atoms with E-state index in [1.165, 1.54) is 16.3 Å². The predicted molar refractivity (Wildman–Crippen MR) is 84.6 cm³/mol. The van der Waals surface area contributed by atoms with Crippen LogP contribution in [0.5, 0.6) is 0 Å². The van der Waals surface area contributed by atoms with Crippen molar-refractivity contribution in [2.75, 3.05) is 0 Å². The molecule has 0 aliphatic heterocycles. The molecule has 2 rings (SSSR count). The first kappa shape index (κ1) is 14.6. The van der Waals surface area contributed by atoms with Crippen LogP contribution in [0.15, 0.2) is 42.5 Å². The third-order valence-electron chi connectivity index (χ3n) is 3.36. The Hall–Kier alpha value is -1.83. The summed E-state index contributed by atoms with van der Waals surface area (Å²) < 4.78 is 0. The lowest BCUT2D eigenvalue weighted by Crippen LogP contribution is -2.30. The highest BCUT2D eigenvalue weighted by atomic mass is 16.1. The highest BCUT2D eigenvalue weighted by Gasteiger charge is 2.18. The van der Waals surface area contributed by atoms with Gasteiger partial charge >= 0.3 is 0 Å². The van der Waals surface area contributed by atoms with Gasteiger partial charge < -0.3 is 5.32 Å². The van der Waals surface area contributed by atoms with E-state index in [1.807, 2.05) is 25.1 Å². The number of hydrogen-bond acceptors (Lipinski definition) is 1. The Morgan fingerprint density at radius 2 is 1.75 bits per heavy atom. The molecule has 0 aliphatic carbocycles. The number of fused-ring (bicyclic) bond motifs is 1. The minimum atomic E-state index is 0.0164. The lowest BCUT2D eigenvalue weighted by Gasteiger charge is -2.21. The molecule has 1 unspecified atom stereocenters. The van der Waals surface area contributed by atoms with Crippen molar-refractivity contribution in [2.45, 2.75) is 40.2 Å². The van der Waals surface area contributed by atoms with Crippen molar-refractivity contribution in [3.05, 3.63) is 48.0 Å². The molecule has 0 saturated heterocycles. The first-order valence-electron chi connectivity index (χ1n) is 7.14. The largest absolute Gasteiger partial charge is 0.350 e. The van der Waals surface area contributed by atoms with Crippen molar-refractivity contribution in [1.82, 2.24) is 5.32 Å². The van der Waals surface area contributed by atoms with Crippen LogP contribution < -0.4 is 5.32 Å². The molecule has 0 aromatic heterocycles. The zero-order chi connectivity index (χ0) is 14.8. The van der Waals surface area contributed by atoms with Gasteiger partial charge in [0.15, 0.2) is 0 Å². The van der Waals surface area contributed by atoms with E-state index in [4.69, 9.17) is 0 Å². The number of hydrogen-bond donors (Lipinski definition) is 1. The van der Waals surface area contributed by atoms with Crippen molar-refractivity contribution < 1.29 is 4.79 Å². The maximum absolute atomic E-state index is 12.1. The summed E-state index contributed by atoms with van der Waals surface area (Å²) >= 11 is 0. The summed E-state index contributed by atoms with van der Waals surface area (Å²) in [5.74, 6) is 0.109. The average molecular weight is 269 g/mol. The topological polar surface area (TPSA) is 29.1 Å². The number of rotatable bonds is 3. The Bertz CT molecular complexity index is 605. The maximum atomic E-state index is 12.1. The fourth-order valence-electron chi connectivity index (χ4n) is 2.48. The van der Waals surface area contributed by atoms with Crippen LogP contribution >= 0.6 is 0 Å². The van der Waals surface area contributed by atoms with Gasteiger partial charge in [0.25, 0.3) is 0 Å². The highest BCUT2D eigenvalue weighted by Crippen LogP contribution is 2.25. The summed E-state index contributed by atoms with van der Waals surface area (Å²) in [5.41, 5.74) is 1.19. The van der Waals surface area contributed by atoms with Crippen molar-refractivity contribution in [3.8, 4) is 0 Å². The fraction of sp³-hybridized carbons (Fsp3) is 0.389. The van der Waals surface area contributed by atoms with Crippen molar-refractivity contribution in [2.24, 2.45) is 5.41 Å². The molecule has 20 heavy (non-hydrogen) atoms. The van der Waals surface area contributed by atoms with Gasteiger partial charge in [-0.25, -0.2) is 0 Å². The van der Waals surface area contributed by atoms with E-state index in [-0.39, 0.29) is 17.4 Å². The monoisotopic (exact) mass is 269 g/mol. The molecule has 0 bridgehead atoms. The normalized spacial score (nSPS) is 13.2. The number of carbonyl (C=O) groups is 1. The van der Waals surface area contributed by atoms with E-state index < -0.39 is 0 Å². The van der Waals surface area contributed by atoms with Gasteiger partial charge in [-0.2, -0.15) is 0 Å². The molecule has 106 valence electrons. The quantitative estimate of drug-likeness (QED) is 0.876. The Balaban J connectivity index is 2.20. The SMILES string of the molecule is CC(NC(=O)CC(C)(C)C)c1cccc2ccccc12. The van der Waals surface area contributed by atoms with Crippen LogP contribution in [0.4, 0.5) is 0 Å². The van der Waals surface area contributed by atoms with Gasteiger partial charge in [0.05, 0.1) is 6.04 Å². The van der Waals surface area contributed by atoms with Crippen LogP contribution in [0.3, 0.4) is 0 Å². The predicted octanol–water partition coefficient (Wildman–Crippen LogP) is 4.45. The minimum absolute atomic E-state index is 0.0164. The summed E-state index contributed by atoms with van der Waals surface area (Å²) in [6.45, 7) is 8.28. The molecule has 0 heterocycles. The molecular formula is C18H23NO. The third-order valence-corrected chi connectivity index (χ3v) is 3.36. The molecule has 2 nitrogen and oxygen atoms in total. The highest BCUT2D eigenvalue weighted by molar-refractivity contribution is 5.86. The maximum Gasteiger partial charge on any atom is 0.220 e. The molecular weight excluding hydrogens is 246 g/mol. The van der Waals surface area contributed by atoms with Crippen LogP contribution in [0.25, 0.3) is 10.8 Å². The van der Waals surface area contributed by atoms with Crippen molar-refractivity contribution >= 4 is 16.7 Å². The second-order valence-corrected chi connectivity index (χ2v) is 6.60. The zero-order valence-electron chi connectivity index (χ0n) is 12.7. The van der Waals surface area contributed by atoms with Gasteiger partial charge in [-0.3, -0.25) is 4.79 Å². The molecule has 0 saturated carbocycles. The van der Waals surface area contributed by atoms with Crippen LogP contribution in [-0.4, -0.2) is 5.91 Å². The molecule has 1 atom stereocenters. The van der Waals surface area contributed by atoms with Gasteiger partial charge in [0.2, 0.25) is 5.91 Å². The molecule has 0 spiro atoms. The average Bonchev–Trinajstić information content (AvgIpc) is 2.35. The Morgan fingerprint density at radius 3 is 2.45 bits per heavy atom. The molecule has 2 heteroatoms.